The Morgan fingerprint density at radius 3 is 2.41 bits per heavy atom. The molecule has 4 nitrogen and oxygen atoms in total. The highest BCUT2D eigenvalue weighted by Gasteiger charge is 2.42. The topological polar surface area (TPSA) is 33.1 Å². The largest absolute Gasteiger partial charge is 0.351 e. The molecular weight excluding hydrogens is 443 g/mol. The molecule has 1 N–H and O–H groups in total. The number of rotatable bonds is 4. The minimum absolute atomic E-state index is 0.141. The molecule has 0 bridgehead atoms. The van der Waals surface area contributed by atoms with Crippen molar-refractivity contribution in [1.29, 1.82) is 0 Å². The SMILES string of the molecule is Cc1ccc(C)c(-n2c(C)cc([C@@H]3[C@H](c4ccccn4)NC(=S)N3c3ccc(F)cc3)c2C)c1. The van der Waals surface area contributed by atoms with Gasteiger partial charge in [0.1, 0.15) is 5.82 Å². The highest BCUT2D eigenvalue weighted by molar-refractivity contribution is 7.80. The van der Waals surface area contributed by atoms with E-state index in [2.05, 4.69) is 71.7 Å². The molecular formula is C28H27FN4S. The van der Waals surface area contributed by atoms with E-state index < -0.39 is 0 Å². The molecule has 5 rings (SSSR count). The van der Waals surface area contributed by atoms with Crippen molar-refractivity contribution >= 4 is 23.0 Å². The van der Waals surface area contributed by atoms with Gasteiger partial charge in [0.15, 0.2) is 5.11 Å². The number of benzene rings is 2. The fourth-order valence-electron chi connectivity index (χ4n) is 4.97. The lowest BCUT2D eigenvalue weighted by Gasteiger charge is -2.28. The second kappa shape index (κ2) is 8.69. The summed E-state index contributed by atoms with van der Waals surface area (Å²) in [6.45, 7) is 8.55. The van der Waals surface area contributed by atoms with Gasteiger partial charge in [0.25, 0.3) is 0 Å². The summed E-state index contributed by atoms with van der Waals surface area (Å²) in [5.74, 6) is -0.271. The van der Waals surface area contributed by atoms with Crippen LogP contribution in [0.4, 0.5) is 10.1 Å². The molecule has 0 aliphatic carbocycles. The standard InChI is InChI=1S/C28H27FN4S/c1-17-8-9-18(2)25(15-17)32-19(3)16-23(20(32)4)27-26(24-7-5-6-14-30-24)31-28(34)33(27)22-12-10-21(29)11-13-22/h5-16,26-27H,1-4H3,(H,31,34)/t26-,27+/m0/s1. The average Bonchev–Trinajstić information content (AvgIpc) is 3.32. The number of nitrogens with one attached hydrogen (secondary N) is 1. The summed E-state index contributed by atoms with van der Waals surface area (Å²) in [6, 6.07) is 20.9. The van der Waals surface area contributed by atoms with Gasteiger partial charge < -0.3 is 14.8 Å². The Morgan fingerprint density at radius 1 is 0.941 bits per heavy atom. The summed E-state index contributed by atoms with van der Waals surface area (Å²) in [5, 5.41) is 4.09. The lowest BCUT2D eigenvalue weighted by atomic mass is 9.96. The lowest BCUT2D eigenvalue weighted by molar-refractivity contribution is 0.565. The third-order valence-electron chi connectivity index (χ3n) is 6.60. The summed E-state index contributed by atoms with van der Waals surface area (Å²) in [6.07, 6.45) is 1.80. The van der Waals surface area contributed by atoms with Crippen LogP contribution in [0.2, 0.25) is 0 Å². The van der Waals surface area contributed by atoms with E-state index in [9.17, 15) is 4.39 Å². The zero-order valence-electron chi connectivity index (χ0n) is 19.7. The van der Waals surface area contributed by atoms with E-state index in [1.165, 1.54) is 28.9 Å². The predicted molar refractivity (Wildman–Crippen MR) is 139 cm³/mol. The second-order valence-corrected chi connectivity index (χ2v) is 9.31. The van der Waals surface area contributed by atoms with Crippen LogP contribution < -0.4 is 10.2 Å². The predicted octanol–water partition coefficient (Wildman–Crippen LogP) is 6.42. The van der Waals surface area contributed by atoms with Crippen molar-refractivity contribution in [2.75, 3.05) is 4.90 Å². The van der Waals surface area contributed by atoms with Crippen LogP contribution in [0, 0.1) is 33.5 Å². The number of hydrogen-bond donors (Lipinski definition) is 1. The molecule has 2 aromatic heterocycles. The van der Waals surface area contributed by atoms with Crippen molar-refractivity contribution in [2.24, 2.45) is 0 Å². The van der Waals surface area contributed by atoms with Crippen molar-refractivity contribution in [3.8, 4) is 5.69 Å². The molecule has 0 unspecified atom stereocenters. The molecule has 4 aromatic rings. The Hall–Kier alpha value is -3.51. The Labute approximate surface area is 205 Å². The van der Waals surface area contributed by atoms with Crippen molar-refractivity contribution in [3.63, 3.8) is 0 Å². The second-order valence-electron chi connectivity index (χ2n) is 8.92. The maximum absolute atomic E-state index is 13.7. The Kier molecular flexibility index (Phi) is 5.70. The Balaban J connectivity index is 1.70. The number of nitrogens with zero attached hydrogens (tertiary/aromatic N) is 3. The van der Waals surface area contributed by atoms with E-state index in [4.69, 9.17) is 12.2 Å². The molecule has 1 aliphatic heterocycles. The minimum Gasteiger partial charge on any atom is -0.351 e. The van der Waals surface area contributed by atoms with E-state index in [1.807, 2.05) is 18.2 Å². The summed E-state index contributed by atoms with van der Waals surface area (Å²) in [4.78, 5) is 6.73. The molecule has 6 heteroatoms. The van der Waals surface area contributed by atoms with Crippen molar-refractivity contribution < 1.29 is 4.39 Å². The van der Waals surface area contributed by atoms with Crippen LogP contribution in [0.1, 0.15) is 45.9 Å². The fraction of sp³-hybridized carbons (Fsp3) is 0.214. The Morgan fingerprint density at radius 2 is 1.71 bits per heavy atom. The van der Waals surface area contributed by atoms with E-state index >= 15 is 0 Å². The van der Waals surface area contributed by atoms with Gasteiger partial charge in [-0.2, -0.15) is 0 Å². The summed E-state index contributed by atoms with van der Waals surface area (Å²) in [5.41, 5.74) is 8.83. The van der Waals surface area contributed by atoms with E-state index in [0.29, 0.717) is 5.11 Å². The highest BCUT2D eigenvalue weighted by Crippen LogP contribution is 2.43. The first-order chi connectivity index (χ1) is 16.3. The van der Waals surface area contributed by atoms with Crippen LogP contribution in [0.5, 0.6) is 0 Å². The van der Waals surface area contributed by atoms with Gasteiger partial charge in [0.2, 0.25) is 0 Å². The first kappa shape index (κ1) is 22.3. The highest BCUT2D eigenvalue weighted by atomic mass is 32.1. The number of hydrogen-bond acceptors (Lipinski definition) is 2. The van der Waals surface area contributed by atoms with Gasteiger partial charge in [-0.05, 0) is 105 Å². The molecule has 1 aliphatic rings. The van der Waals surface area contributed by atoms with Crippen LogP contribution in [0.25, 0.3) is 5.69 Å². The molecule has 2 atom stereocenters. The molecule has 1 fully saturated rings. The van der Waals surface area contributed by atoms with Gasteiger partial charge in [-0.1, -0.05) is 18.2 Å². The zero-order valence-corrected chi connectivity index (χ0v) is 20.5. The molecule has 172 valence electrons. The van der Waals surface area contributed by atoms with E-state index in [0.717, 1.165) is 28.3 Å². The number of thiocarbonyl (C=S) groups is 1. The number of pyridine rings is 1. The van der Waals surface area contributed by atoms with E-state index in [1.54, 1.807) is 18.3 Å². The summed E-state index contributed by atoms with van der Waals surface area (Å²) >= 11 is 5.81. The van der Waals surface area contributed by atoms with Crippen LogP contribution in [0.15, 0.2) is 72.9 Å². The third-order valence-corrected chi connectivity index (χ3v) is 6.91. The summed E-state index contributed by atoms with van der Waals surface area (Å²) in [7, 11) is 0. The molecule has 0 spiro atoms. The molecule has 2 aromatic carbocycles. The van der Waals surface area contributed by atoms with Gasteiger partial charge in [-0.25, -0.2) is 4.39 Å². The molecule has 1 saturated heterocycles. The van der Waals surface area contributed by atoms with Crippen LogP contribution in [-0.4, -0.2) is 14.7 Å². The maximum Gasteiger partial charge on any atom is 0.174 e. The van der Waals surface area contributed by atoms with Crippen LogP contribution in [0.3, 0.4) is 0 Å². The molecule has 0 saturated carbocycles. The van der Waals surface area contributed by atoms with Gasteiger partial charge >= 0.3 is 0 Å². The summed E-state index contributed by atoms with van der Waals surface area (Å²) < 4.78 is 16.0. The number of aromatic nitrogens is 2. The van der Waals surface area contributed by atoms with Gasteiger partial charge in [-0.3, -0.25) is 4.98 Å². The van der Waals surface area contributed by atoms with Crippen molar-refractivity contribution in [3.05, 3.63) is 113 Å². The molecule has 0 radical (unpaired) electrons. The molecule has 3 heterocycles. The van der Waals surface area contributed by atoms with Crippen LogP contribution >= 0.6 is 12.2 Å². The van der Waals surface area contributed by atoms with Gasteiger partial charge in [0, 0.05) is 29.0 Å². The normalized spacial score (nSPS) is 17.8. The maximum atomic E-state index is 13.7. The van der Waals surface area contributed by atoms with Crippen molar-refractivity contribution in [1.82, 2.24) is 14.9 Å². The molecule has 0 amide bonds. The van der Waals surface area contributed by atoms with Crippen LogP contribution in [-0.2, 0) is 0 Å². The number of anilines is 1. The van der Waals surface area contributed by atoms with Crippen molar-refractivity contribution in [2.45, 2.75) is 39.8 Å². The lowest BCUT2D eigenvalue weighted by Crippen LogP contribution is -2.29. The smallest absolute Gasteiger partial charge is 0.174 e. The first-order valence-electron chi connectivity index (χ1n) is 11.4. The van der Waals surface area contributed by atoms with Gasteiger partial charge in [-0.15, -0.1) is 0 Å². The average molecular weight is 471 g/mol. The first-order valence-corrected chi connectivity index (χ1v) is 11.8. The monoisotopic (exact) mass is 470 g/mol. The van der Waals surface area contributed by atoms with Gasteiger partial charge in [0.05, 0.1) is 17.8 Å². The number of aryl methyl sites for hydroxylation is 3. The number of halogens is 1. The van der Waals surface area contributed by atoms with E-state index in [-0.39, 0.29) is 17.9 Å². The minimum atomic E-state index is -0.271. The molecule has 34 heavy (non-hydrogen) atoms. The zero-order chi connectivity index (χ0) is 24.0. The quantitative estimate of drug-likeness (QED) is 0.349. The Bertz CT molecular complexity index is 1360. The third kappa shape index (κ3) is 3.78. The fourth-order valence-corrected chi connectivity index (χ4v) is 5.31.